The SMILES string of the molecule is O=C(NCC1(C(=O)O)CCCC1)c1ccco1. The number of rotatable bonds is 4. The molecule has 1 heterocycles. The number of carbonyl (C=O) groups excluding carboxylic acids is 1. The van der Waals surface area contributed by atoms with Gasteiger partial charge in [0.2, 0.25) is 0 Å². The number of hydrogen-bond donors (Lipinski definition) is 2. The number of nitrogens with one attached hydrogen (secondary N) is 1. The lowest BCUT2D eigenvalue weighted by molar-refractivity contribution is -0.148. The summed E-state index contributed by atoms with van der Waals surface area (Å²) >= 11 is 0. The van der Waals surface area contributed by atoms with Gasteiger partial charge in [-0.05, 0) is 25.0 Å². The molecule has 0 bridgehead atoms. The van der Waals surface area contributed by atoms with E-state index in [-0.39, 0.29) is 18.2 Å². The monoisotopic (exact) mass is 237 g/mol. The van der Waals surface area contributed by atoms with Crippen LogP contribution in [0.3, 0.4) is 0 Å². The molecule has 0 atom stereocenters. The standard InChI is InChI=1S/C12H15NO4/c14-10(9-4-3-7-17-9)13-8-12(11(15)16)5-1-2-6-12/h3-4,7H,1-2,5-6,8H2,(H,13,14)(H,15,16). The summed E-state index contributed by atoms with van der Waals surface area (Å²) in [4.78, 5) is 22.9. The number of amides is 1. The molecular weight excluding hydrogens is 222 g/mol. The van der Waals surface area contributed by atoms with E-state index in [1.165, 1.54) is 6.26 Å². The summed E-state index contributed by atoms with van der Waals surface area (Å²) in [6, 6.07) is 3.18. The molecule has 1 saturated carbocycles. The lowest BCUT2D eigenvalue weighted by atomic mass is 9.86. The molecule has 1 aliphatic rings. The zero-order valence-electron chi connectivity index (χ0n) is 9.44. The Morgan fingerprint density at radius 2 is 2.12 bits per heavy atom. The molecule has 0 spiro atoms. The predicted octanol–water partition coefficient (Wildman–Crippen LogP) is 1.65. The Kier molecular flexibility index (Phi) is 3.17. The Hall–Kier alpha value is -1.78. The van der Waals surface area contributed by atoms with Crippen LogP contribution in [0, 0.1) is 5.41 Å². The molecule has 0 radical (unpaired) electrons. The molecule has 2 N–H and O–H groups in total. The van der Waals surface area contributed by atoms with Crippen molar-refractivity contribution < 1.29 is 19.1 Å². The van der Waals surface area contributed by atoms with E-state index in [2.05, 4.69) is 5.32 Å². The van der Waals surface area contributed by atoms with Gasteiger partial charge < -0.3 is 14.8 Å². The number of carbonyl (C=O) groups is 2. The first-order valence-corrected chi connectivity index (χ1v) is 5.69. The summed E-state index contributed by atoms with van der Waals surface area (Å²) in [5, 5.41) is 11.9. The fourth-order valence-corrected chi connectivity index (χ4v) is 2.26. The molecule has 1 aliphatic carbocycles. The van der Waals surface area contributed by atoms with Crippen molar-refractivity contribution in [2.45, 2.75) is 25.7 Å². The van der Waals surface area contributed by atoms with Crippen molar-refractivity contribution in [1.82, 2.24) is 5.32 Å². The van der Waals surface area contributed by atoms with Gasteiger partial charge in [-0.15, -0.1) is 0 Å². The normalized spacial score (nSPS) is 17.9. The number of aliphatic carboxylic acids is 1. The van der Waals surface area contributed by atoms with Crippen LogP contribution in [-0.2, 0) is 4.79 Å². The van der Waals surface area contributed by atoms with Crippen LogP contribution in [0.4, 0.5) is 0 Å². The smallest absolute Gasteiger partial charge is 0.311 e. The Bertz CT molecular complexity index is 404. The number of furan rings is 1. The third-order valence-electron chi connectivity index (χ3n) is 3.35. The van der Waals surface area contributed by atoms with E-state index < -0.39 is 11.4 Å². The van der Waals surface area contributed by atoms with Gasteiger partial charge in [-0.1, -0.05) is 12.8 Å². The van der Waals surface area contributed by atoms with Crippen LogP contribution in [0.1, 0.15) is 36.2 Å². The van der Waals surface area contributed by atoms with Crippen LogP contribution < -0.4 is 5.32 Å². The van der Waals surface area contributed by atoms with Crippen LogP contribution >= 0.6 is 0 Å². The van der Waals surface area contributed by atoms with E-state index in [4.69, 9.17) is 4.42 Å². The van der Waals surface area contributed by atoms with Gasteiger partial charge in [-0.25, -0.2) is 0 Å². The Labute approximate surface area is 98.8 Å². The van der Waals surface area contributed by atoms with Gasteiger partial charge >= 0.3 is 5.97 Å². The van der Waals surface area contributed by atoms with Gasteiger partial charge in [0.25, 0.3) is 5.91 Å². The quantitative estimate of drug-likeness (QED) is 0.834. The van der Waals surface area contributed by atoms with E-state index in [0.29, 0.717) is 12.8 Å². The first-order chi connectivity index (χ1) is 8.14. The molecule has 92 valence electrons. The van der Waals surface area contributed by atoms with Gasteiger partial charge in [0.15, 0.2) is 5.76 Å². The minimum absolute atomic E-state index is 0.169. The molecule has 1 aromatic rings. The lowest BCUT2D eigenvalue weighted by Crippen LogP contribution is -2.41. The van der Waals surface area contributed by atoms with E-state index in [0.717, 1.165) is 12.8 Å². The van der Waals surface area contributed by atoms with Crippen LogP contribution in [0.2, 0.25) is 0 Å². The molecule has 1 fully saturated rings. The van der Waals surface area contributed by atoms with Gasteiger partial charge in [0.05, 0.1) is 11.7 Å². The fraction of sp³-hybridized carbons (Fsp3) is 0.500. The van der Waals surface area contributed by atoms with Crippen molar-refractivity contribution in [1.29, 1.82) is 0 Å². The topological polar surface area (TPSA) is 79.5 Å². The van der Waals surface area contributed by atoms with Gasteiger partial charge in [0, 0.05) is 6.54 Å². The van der Waals surface area contributed by atoms with Gasteiger partial charge in [-0.3, -0.25) is 9.59 Å². The second-order valence-electron chi connectivity index (χ2n) is 4.45. The molecule has 1 aromatic heterocycles. The van der Waals surface area contributed by atoms with E-state index >= 15 is 0 Å². The molecule has 1 amide bonds. The summed E-state index contributed by atoms with van der Waals surface area (Å²) in [6.07, 6.45) is 4.48. The van der Waals surface area contributed by atoms with Crippen molar-refractivity contribution in [2.75, 3.05) is 6.54 Å². The number of hydrogen-bond acceptors (Lipinski definition) is 3. The first-order valence-electron chi connectivity index (χ1n) is 5.69. The van der Waals surface area contributed by atoms with Crippen LogP contribution in [0.5, 0.6) is 0 Å². The minimum atomic E-state index is -0.824. The van der Waals surface area contributed by atoms with E-state index in [1.807, 2.05) is 0 Å². The predicted molar refractivity (Wildman–Crippen MR) is 59.6 cm³/mol. The van der Waals surface area contributed by atoms with Crippen LogP contribution in [0.25, 0.3) is 0 Å². The van der Waals surface area contributed by atoms with Crippen LogP contribution in [0.15, 0.2) is 22.8 Å². The molecule has 17 heavy (non-hydrogen) atoms. The fourth-order valence-electron chi connectivity index (χ4n) is 2.26. The Morgan fingerprint density at radius 1 is 1.41 bits per heavy atom. The summed E-state index contributed by atoms with van der Waals surface area (Å²) in [6.45, 7) is 0.169. The van der Waals surface area contributed by atoms with Gasteiger partial charge in [-0.2, -0.15) is 0 Å². The molecule has 0 saturated heterocycles. The molecule has 0 aromatic carbocycles. The van der Waals surface area contributed by atoms with Crippen LogP contribution in [-0.4, -0.2) is 23.5 Å². The summed E-state index contributed by atoms with van der Waals surface area (Å²) in [7, 11) is 0. The third-order valence-corrected chi connectivity index (χ3v) is 3.35. The maximum atomic E-state index is 11.6. The van der Waals surface area contributed by atoms with Crippen molar-refractivity contribution in [2.24, 2.45) is 5.41 Å². The molecule has 2 rings (SSSR count). The summed E-state index contributed by atoms with van der Waals surface area (Å²) < 4.78 is 4.94. The molecule has 0 unspecified atom stereocenters. The Morgan fingerprint density at radius 3 is 2.65 bits per heavy atom. The minimum Gasteiger partial charge on any atom is -0.481 e. The van der Waals surface area contributed by atoms with E-state index in [1.54, 1.807) is 12.1 Å². The molecule has 0 aliphatic heterocycles. The highest BCUT2D eigenvalue weighted by Gasteiger charge is 2.41. The van der Waals surface area contributed by atoms with Crippen molar-refractivity contribution in [3.8, 4) is 0 Å². The zero-order chi connectivity index (χ0) is 12.3. The average Bonchev–Trinajstić information content (AvgIpc) is 2.97. The number of carboxylic acid groups (broad SMARTS) is 1. The van der Waals surface area contributed by atoms with Crippen molar-refractivity contribution in [3.05, 3.63) is 24.2 Å². The second-order valence-corrected chi connectivity index (χ2v) is 4.45. The lowest BCUT2D eigenvalue weighted by Gasteiger charge is -2.23. The Balaban J connectivity index is 1.97. The molecular formula is C12H15NO4. The average molecular weight is 237 g/mol. The highest BCUT2D eigenvalue weighted by molar-refractivity contribution is 5.91. The zero-order valence-corrected chi connectivity index (χ0v) is 9.44. The largest absolute Gasteiger partial charge is 0.481 e. The highest BCUT2D eigenvalue weighted by atomic mass is 16.4. The maximum Gasteiger partial charge on any atom is 0.311 e. The molecule has 5 nitrogen and oxygen atoms in total. The molecule has 5 heteroatoms. The highest BCUT2D eigenvalue weighted by Crippen LogP contribution is 2.37. The third kappa shape index (κ3) is 2.33. The van der Waals surface area contributed by atoms with E-state index in [9.17, 15) is 14.7 Å². The van der Waals surface area contributed by atoms with Crippen molar-refractivity contribution >= 4 is 11.9 Å². The second kappa shape index (κ2) is 4.61. The van der Waals surface area contributed by atoms with Crippen molar-refractivity contribution in [3.63, 3.8) is 0 Å². The number of carboxylic acids is 1. The first kappa shape index (κ1) is 11.7. The summed E-state index contributed by atoms with van der Waals surface area (Å²) in [5.74, 6) is -0.971. The maximum absolute atomic E-state index is 11.6. The van der Waals surface area contributed by atoms with Gasteiger partial charge in [0.1, 0.15) is 0 Å². The summed E-state index contributed by atoms with van der Waals surface area (Å²) in [5.41, 5.74) is -0.789.